The number of halogens is 1. The Morgan fingerprint density at radius 3 is 2.83 bits per heavy atom. The first-order chi connectivity index (χ1) is 8.65. The van der Waals surface area contributed by atoms with Crippen LogP contribution in [0.1, 0.15) is 12.8 Å². The van der Waals surface area contributed by atoms with Crippen molar-refractivity contribution in [3.05, 3.63) is 29.3 Å². The maximum absolute atomic E-state index is 11.7. The van der Waals surface area contributed by atoms with Crippen molar-refractivity contribution >= 4 is 17.5 Å². The van der Waals surface area contributed by atoms with E-state index in [9.17, 15) is 4.79 Å². The molecule has 4 nitrogen and oxygen atoms in total. The van der Waals surface area contributed by atoms with E-state index in [1.807, 2.05) is 12.1 Å². The van der Waals surface area contributed by atoms with Crippen LogP contribution in [0, 0.1) is 0 Å². The SMILES string of the molecule is CN(CCCO)C(=O)CCOc1ccccc1Cl. The van der Waals surface area contributed by atoms with Crippen LogP contribution in [0.25, 0.3) is 0 Å². The van der Waals surface area contributed by atoms with Gasteiger partial charge in [-0.05, 0) is 18.6 Å². The van der Waals surface area contributed by atoms with Gasteiger partial charge < -0.3 is 14.7 Å². The molecule has 0 aliphatic heterocycles. The summed E-state index contributed by atoms with van der Waals surface area (Å²) in [5.74, 6) is 0.584. The molecule has 0 saturated heterocycles. The largest absolute Gasteiger partial charge is 0.491 e. The summed E-state index contributed by atoms with van der Waals surface area (Å²) in [6.07, 6.45) is 0.890. The van der Waals surface area contributed by atoms with E-state index in [4.69, 9.17) is 21.4 Å². The molecule has 0 saturated carbocycles. The molecule has 0 spiro atoms. The van der Waals surface area contributed by atoms with Crippen molar-refractivity contribution in [2.24, 2.45) is 0 Å². The standard InChI is InChI=1S/C13H18ClNO3/c1-15(8-4-9-16)13(17)7-10-18-12-6-3-2-5-11(12)14/h2-3,5-6,16H,4,7-10H2,1H3. The van der Waals surface area contributed by atoms with Crippen LogP contribution in [0.3, 0.4) is 0 Å². The third-order valence-corrected chi connectivity index (χ3v) is 2.80. The average Bonchev–Trinajstić information content (AvgIpc) is 2.38. The fraction of sp³-hybridized carbons (Fsp3) is 0.462. The Balaban J connectivity index is 2.29. The lowest BCUT2D eigenvalue weighted by molar-refractivity contribution is -0.130. The number of hydrogen-bond donors (Lipinski definition) is 1. The van der Waals surface area contributed by atoms with Gasteiger partial charge in [-0.3, -0.25) is 4.79 Å². The fourth-order valence-electron chi connectivity index (χ4n) is 1.43. The summed E-state index contributed by atoms with van der Waals surface area (Å²) in [7, 11) is 1.72. The first-order valence-electron chi connectivity index (χ1n) is 5.87. The van der Waals surface area contributed by atoms with Crippen LogP contribution < -0.4 is 4.74 Å². The number of carbonyl (C=O) groups is 1. The predicted octanol–water partition coefficient (Wildman–Crippen LogP) is 1.95. The molecule has 0 bridgehead atoms. The first-order valence-corrected chi connectivity index (χ1v) is 6.25. The Hall–Kier alpha value is -1.26. The predicted molar refractivity (Wildman–Crippen MR) is 70.9 cm³/mol. The average molecular weight is 272 g/mol. The third kappa shape index (κ3) is 4.94. The van der Waals surface area contributed by atoms with E-state index in [0.29, 0.717) is 36.8 Å². The number of hydrogen-bond acceptors (Lipinski definition) is 3. The molecule has 1 aromatic carbocycles. The number of amides is 1. The molecule has 0 unspecified atom stereocenters. The van der Waals surface area contributed by atoms with E-state index >= 15 is 0 Å². The number of carbonyl (C=O) groups excluding carboxylic acids is 1. The van der Waals surface area contributed by atoms with E-state index in [-0.39, 0.29) is 12.5 Å². The van der Waals surface area contributed by atoms with Crippen molar-refractivity contribution in [3.63, 3.8) is 0 Å². The molecule has 5 heteroatoms. The van der Waals surface area contributed by atoms with E-state index in [1.54, 1.807) is 24.1 Å². The van der Waals surface area contributed by atoms with Crippen molar-refractivity contribution < 1.29 is 14.6 Å². The quantitative estimate of drug-likeness (QED) is 0.825. The van der Waals surface area contributed by atoms with Crippen LogP contribution >= 0.6 is 11.6 Å². The number of benzene rings is 1. The molecular weight excluding hydrogens is 254 g/mol. The molecule has 0 atom stereocenters. The van der Waals surface area contributed by atoms with Gasteiger partial charge in [-0.1, -0.05) is 23.7 Å². The monoisotopic (exact) mass is 271 g/mol. The van der Waals surface area contributed by atoms with Gasteiger partial charge in [0.25, 0.3) is 0 Å². The summed E-state index contributed by atoms with van der Waals surface area (Å²) in [4.78, 5) is 13.2. The summed E-state index contributed by atoms with van der Waals surface area (Å²) < 4.78 is 5.43. The highest BCUT2D eigenvalue weighted by Crippen LogP contribution is 2.23. The minimum absolute atomic E-state index is 0.00416. The zero-order valence-electron chi connectivity index (χ0n) is 10.4. The zero-order valence-corrected chi connectivity index (χ0v) is 11.2. The normalized spacial score (nSPS) is 10.2. The molecule has 0 radical (unpaired) electrons. The molecule has 0 fully saturated rings. The van der Waals surface area contributed by atoms with Crippen molar-refractivity contribution in [2.45, 2.75) is 12.8 Å². The molecule has 1 N–H and O–H groups in total. The number of nitrogens with zero attached hydrogens (tertiary/aromatic N) is 1. The number of para-hydroxylation sites is 1. The van der Waals surface area contributed by atoms with Crippen LogP contribution in [-0.2, 0) is 4.79 Å². The minimum Gasteiger partial charge on any atom is -0.491 e. The molecule has 18 heavy (non-hydrogen) atoms. The van der Waals surface area contributed by atoms with Crippen molar-refractivity contribution in [2.75, 3.05) is 26.8 Å². The Bertz CT molecular complexity index is 384. The van der Waals surface area contributed by atoms with Crippen LogP contribution in [-0.4, -0.2) is 42.7 Å². The topological polar surface area (TPSA) is 49.8 Å². The molecule has 0 aromatic heterocycles. The zero-order chi connectivity index (χ0) is 13.4. The van der Waals surface area contributed by atoms with Crippen LogP contribution in [0.4, 0.5) is 0 Å². The van der Waals surface area contributed by atoms with Gasteiger partial charge in [0.2, 0.25) is 5.91 Å². The molecule has 100 valence electrons. The maximum atomic E-state index is 11.7. The Morgan fingerprint density at radius 2 is 2.17 bits per heavy atom. The van der Waals surface area contributed by atoms with Gasteiger partial charge >= 0.3 is 0 Å². The van der Waals surface area contributed by atoms with Gasteiger partial charge in [-0.2, -0.15) is 0 Å². The summed E-state index contributed by atoms with van der Waals surface area (Å²) in [6.45, 7) is 0.946. The molecule has 0 heterocycles. The van der Waals surface area contributed by atoms with Gasteiger partial charge in [-0.25, -0.2) is 0 Å². The van der Waals surface area contributed by atoms with Crippen molar-refractivity contribution in [1.29, 1.82) is 0 Å². The summed E-state index contributed by atoms with van der Waals surface area (Å²) in [6, 6.07) is 7.16. The van der Waals surface area contributed by atoms with Gasteiger partial charge in [0.1, 0.15) is 5.75 Å². The molecule has 1 aromatic rings. The van der Waals surface area contributed by atoms with E-state index in [2.05, 4.69) is 0 Å². The number of aliphatic hydroxyl groups excluding tert-OH is 1. The molecular formula is C13H18ClNO3. The highest BCUT2D eigenvalue weighted by atomic mass is 35.5. The van der Waals surface area contributed by atoms with Crippen molar-refractivity contribution in [3.8, 4) is 5.75 Å². The molecule has 0 aliphatic rings. The Kier molecular flexibility index (Phi) is 6.54. The molecule has 0 aliphatic carbocycles. The second-order valence-electron chi connectivity index (χ2n) is 3.92. The minimum atomic E-state index is -0.00416. The Morgan fingerprint density at radius 1 is 1.44 bits per heavy atom. The highest BCUT2D eigenvalue weighted by Gasteiger charge is 2.08. The van der Waals surface area contributed by atoms with Crippen LogP contribution in [0.15, 0.2) is 24.3 Å². The van der Waals surface area contributed by atoms with E-state index in [0.717, 1.165) is 0 Å². The Labute approximate surface area is 112 Å². The third-order valence-electron chi connectivity index (χ3n) is 2.49. The molecule has 1 rings (SSSR count). The van der Waals surface area contributed by atoms with Gasteiger partial charge in [0, 0.05) is 20.2 Å². The highest BCUT2D eigenvalue weighted by molar-refractivity contribution is 6.32. The maximum Gasteiger partial charge on any atom is 0.225 e. The number of ether oxygens (including phenoxy) is 1. The number of aliphatic hydroxyl groups is 1. The lowest BCUT2D eigenvalue weighted by atomic mass is 10.3. The summed E-state index contributed by atoms with van der Waals surface area (Å²) >= 11 is 5.92. The van der Waals surface area contributed by atoms with Crippen LogP contribution in [0.5, 0.6) is 5.75 Å². The molecule has 1 amide bonds. The second-order valence-corrected chi connectivity index (χ2v) is 4.33. The van der Waals surface area contributed by atoms with E-state index < -0.39 is 0 Å². The number of rotatable bonds is 7. The lowest BCUT2D eigenvalue weighted by Crippen LogP contribution is -2.29. The van der Waals surface area contributed by atoms with E-state index in [1.165, 1.54) is 0 Å². The summed E-state index contributed by atoms with van der Waals surface area (Å²) in [5.41, 5.74) is 0. The van der Waals surface area contributed by atoms with Crippen molar-refractivity contribution in [1.82, 2.24) is 4.90 Å². The van der Waals surface area contributed by atoms with Gasteiger partial charge in [0.15, 0.2) is 0 Å². The smallest absolute Gasteiger partial charge is 0.225 e. The van der Waals surface area contributed by atoms with Gasteiger partial charge in [-0.15, -0.1) is 0 Å². The fourth-order valence-corrected chi connectivity index (χ4v) is 1.62. The van der Waals surface area contributed by atoms with Gasteiger partial charge in [0.05, 0.1) is 18.1 Å². The summed E-state index contributed by atoms with van der Waals surface area (Å²) in [5, 5.41) is 9.22. The lowest BCUT2D eigenvalue weighted by Gasteiger charge is -2.16. The first kappa shape index (κ1) is 14.8. The van der Waals surface area contributed by atoms with Crippen LogP contribution in [0.2, 0.25) is 5.02 Å². The second kappa shape index (κ2) is 7.95.